The van der Waals surface area contributed by atoms with Crippen LogP contribution < -0.4 is 0 Å². The van der Waals surface area contributed by atoms with Gasteiger partial charge in [0.2, 0.25) is 0 Å². The molecule has 1 fully saturated rings. The molecular formula is C17H24O2. The van der Waals surface area contributed by atoms with Crippen LogP contribution in [0.1, 0.15) is 51.0 Å². The Labute approximate surface area is 115 Å². The lowest BCUT2D eigenvalue weighted by atomic mass is 9.67. The fraction of sp³-hybridized carbons (Fsp3) is 0.588. The summed E-state index contributed by atoms with van der Waals surface area (Å²) in [5.41, 5.74) is 0.860. The van der Waals surface area contributed by atoms with Crippen molar-refractivity contribution in [2.75, 3.05) is 0 Å². The number of benzene rings is 1. The number of aliphatic carboxylic acids is 1. The van der Waals surface area contributed by atoms with Gasteiger partial charge in [-0.1, -0.05) is 50.1 Å². The molecule has 1 aliphatic rings. The minimum absolute atomic E-state index is 0.452. The van der Waals surface area contributed by atoms with Crippen molar-refractivity contribution in [1.82, 2.24) is 0 Å². The zero-order chi connectivity index (χ0) is 13.7. The molecule has 0 saturated heterocycles. The molecule has 2 unspecified atom stereocenters. The van der Waals surface area contributed by atoms with Crippen LogP contribution in [0.15, 0.2) is 30.3 Å². The molecule has 104 valence electrons. The van der Waals surface area contributed by atoms with Crippen LogP contribution in [-0.4, -0.2) is 11.1 Å². The van der Waals surface area contributed by atoms with Gasteiger partial charge in [-0.05, 0) is 43.6 Å². The number of carbonyl (C=O) groups is 1. The van der Waals surface area contributed by atoms with E-state index < -0.39 is 11.4 Å². The van der Waals surface area contributed by atoms with Crippen LogP contribution in [0.25, 0.3) is 0 Å². The van der Waals surface area contributed by atoms with Gasteiger partial charge in [0.05, 0.1) is 5.41 Å². The van der Waals surface area contributed by atoms with Crippen LogP contribution >= 0.6 is 0 Å². The van der Waals surface area contributed by atoms with Gasteiger partial charge in [0.15, 0.2) is 0 Å². The molecule has 1 aromatic carbocycles. The highest BCUT2D eigenvalue weighted by Gasteiger charge is 2.41. The molecule has 1 N–H and O–H groups in total. The highest BCUT2D eigenvalue weighted by molar-refractivity contribution is 5.74. The predicted octanol–water partition coefficient (Wildman–Crippen LogP) is 4.29. The first-order chi connectivity index (χ1) is 9.12. The van der Waals surface area contributed by atoms with Crippen molar-refractivity contribution >= 4 is 5.97 Å². The summed E-state index contributed by atoms with van der Waals surface area (Å²) < 4.78 is 0. The van der Waals surface area contributed by atoms with Gasteiger partial charge in [-0.2, -0.15) is 0 Å². The van der Waals surface area contributed by atoms with Gasteiger partial charge in [0.25, 0.3) is 0 Å². The van der Waals surface area contributed by atoms with Crippen LogP contribution in [0, 0.1) is 11.3 Å². The minimum atomic E-state index is -0.577. The molecule has 1 aromatic rings. The predicted molar refractivity (Wildman–Crippen MR) is 77.1 cm³/mol. The number of hydrogen-bond acceptors (Lipinski definition) is 1. The van der Waals surface area contributed by atoms with Crippen LogP contribution in [-0.2, 0) is 11.2 Å². The highest BCUT2D eigenvalue weighted by Crippen LogP contribution is 2.43. The van der Waals surface area contributed by atoms with E-state index in [1.165, 1.54) is 12.0 Å². The maximum absolute atomic E-state index is 11.7. The SMILES string of the molecule is CC1CCCC(CCCc2ccccc2)(C(=O)O)C1. The van der Waals surface area contributed by atoms with Gasteiger partial charge < -0.3 is 5.11 Å². The van der Waals surface area contributed by atoms with Gasteiger partial charge in [-0.3, -0.25) is 4.79 Å². The van der Waals surface area contributed by atoms with Gasteiger partial charge in [-0.15, -0.1) is 0 Å². The molecule has 2 atom stereocenters. The molecule has 2 heteroatoms. The first-order valence-electron chi connectivity index (χ1n) is 7.40. The lowest BCUT2D eigenvalue weighted by Crippen LogP contribution is -2.36. The van der Waals surface area contributed by atoms with E-state index in [1.54, 1.807) is 0 Å². The lowest BCUT2D eigenvalue weighted by Gasteiger charge is -2.36. The Balaban J connectivity index is 1.92. The quantitative estimate of drug-likeness (QED) is 0.857. The van der Waals surface area contributed by atoms with E-state index in [9.17, 15) is 9.90 Å². The molecule has 2 rings (SSSR count). The zero-order valence-corrected chi connectivity index (χ0v) is 11.8. The minimum Gasteiger partial charge on any atom is -0.481 e. The number of aryl methyl sites for hydroxylation is 1. The molecule has 0 heterocycles. The second-order valence-electron chi connectivity index (χ2n) is 6.13. The smallest absolute Gasteiger partial charge is 0.309 e. The Morgan fingerprint density at radius 3 is 2.74 bits per heavy atom. The molecule has 0 radical (unpaired) electrons. The van der Waals surface area contributed by atoms with E-state index in [2.05, 4.69) is 19.1 Å². The standard InChI is InChI=1S/C17H24O2/c1-14-7-5-11-17(13-14,16(18)19)12-6-10-15-8-3-2-4-9-15/h2-4,8-9,14H,5-7,10-13H2,1H3,(H,18,19). The van der Waals surface area contributed by atoms with Gasteiger partial charge in [0, 0.05) is 0 Å². The van der Waals surface area contributed by atoms with E-state index in [0.29, 0.717) is 5.92 Å². The summed E-state index contributed by atoms with van der Waals surface area (Å²) in [4.78, 5) is 11.7. The molecule has 1 aliphatic carbocycles. The largest absolute Gasteiger partial charge is 0.481 e. The summed E-state index contributed by atoms with van der Waals surface area (Å²) in [6.45, 7) is 2.19. The molecule has 2 nitrogen and oxygen atoms in total. The molecular weight excluding hydrogens is 236 g/mol. The summed E-state index contributed by atoms with van der Waals surface area (Å²) in [5.74, 6) is -0.0197. The van der Waals surface area contributed by atoms with Crippen LogP contribution in [0.3, 0.4) is 0 Å². The lowest BCUT2D eigenvalue weighted by molar-refractivity contribution is -0.152. The van der Waals surface area contributed by atoms with Gasteiger partial charge >= 0.3 is 5.97 Å². The van der Waals surface area contributed by atoms with Crippen molar-refractivity contribution in [3.8, 4) is 0 Å². The van der Waals surface area contributed by atoms with E-state index in [1.807, 2.05) is 18.2 Å². The Morgan fingerprint density at radius 1 is 1.37 bits per heavy atom. The van der Waals surface area contributed by atoms with Gasteiger partial charge in [-0.25, -0.2) is 0 Å². The maximum atomic E-state index is 11.7. The third kappa shape index (κ3) is 3.59. The molecule has 0 bridgehead atoms. The fourth-order valence-electron chi connectivity index (χ4n) is 3.46. The van der Waals surface area contributed by atoms with Gasteiger partial charge in [0.1, 0.15) is 0 Å². The number of hydrogen-bond donors (Lipinski definition) is 1. The first-order valence-corrected chi connectivity index (χ1v) is 7.40. The summed E-state index contributed by atoms with van der Waals surface area (Å²) in [7, 11) is 0. The van der Waals surface area contributed by atoms with Crippen LogP contribution in [0.4, 0.5) is 0 Å². The Hall–Kier alpha value is -1.31. The Kier molecular flexibility index (Phi) is 4.62. The van der Waals surface area contributed by atoms with Crippen molar-refractivity contribution in [2.24, 2.45) is 11.3 Å². The second kappa shape index (κ2) is 6.23. The van der Waals surface area contributed by atoms with Crippen molar-refractivity contribution < 1.29 is 9.90 Å². The van der Waals surface area contributed by atoms with E-state index in [0.717, 1.165) is 38.5 Å². The second-order valence-corrected chi connectivity index (χ2v) is 6.13. The van der Waals surface area contributed by atoms with Crippen molar-refractivity contribution in [2.45, 2.75) is 51.9 Å². The molecule has 0 aromatic heterocycles. The molecule has 1 saturated carbocycles. The zero-order valence-electron chi connectivity index (χ0n) is 11.8. The average Bonchev–Trinajstić information content (AvgIpc) is 2.40. The van der Waals surface area contributed by atoms with E-state index >= 15 is 0 Å². The Morgan fingerprint density at radius 2 is 2.11 bits per heavy atom. The number of carboxylic acid groups (broad SMARTS) is 1. The van der Waals surface area contributed by atoms with Crippen molar-refractivity contribution in [3.63, 3.8) is 0 Å². The van der Waals surface area contributed by atoms with Crippen LogP contribution in [0.5, 0.6) is 0 Å². The summed E-state index contributed by atoms with van der Waals surface area (Å²) in [6.07, 6.45) is 6.76. The number of rotatable bonds is 5. The highest BCUT2D eigenvalue weighted by atomic mass is 16.4. The topological polar surface area (TPSA) is 37.3 Å². The van der Waals surface area contributed by atoms with Crippen molar-refractivity contribution in [3.05, 3.63) is 35.9 Å². The normalized spacial score (nSPS) is 27.1. The summed E-state index contributed by atoms with van der Waals surface area (Å²) in [6, 6.07) is 10.4. The average molecular weight is 260 g/mol. The maximum Gasteiger partial charge on any atom is 0.309 e. The van der Waals surface area contributed by atoms with E-state index in [4.69, 9.17) is 0 Å². The van der Waals surface area contributed by atoms with Crippen molar-refractivity contribution in [1.29, 1.82) is 0 Å². The first kappa shape index (κ1) is 14.1. The van der Waals surface area contributed by atoms with E-state index in [-0.39, 0.29) is 0 Å². The van der Waals surface area contributed by atoms with Crippen LogP contribution in [0.2, 0.25) is 0 Å². The third-order valence-corrected chi connectivity index (χ3v) is 4.51. The molecule has 0 aliphatic heterocycles. The molecule has 0 spiro atoms. The monoisotopic (exact) mass is 260 g/mol. The number of carboxylic acids is 1. The molecule has 19 heavy (non-hydrogen) atoms. The summed E-state index contributed by atoms with van der Waals surface area (Å²) in [5, 5.41) is 9.60. The Bertz CT molecular complexity index is 413. The fourth-order valence-corrected chi connectivity index (χ4v) is 3.46. The third-order valence-electron chi connectivity index (χ3n) is 4.51. The molecule has 0 amide bonds. The summed E-state index contributed by atoms with van der Waals surface area (Å²) >= 11 is 0.